The second-order valence-corrected chi connectivity index (χ2v) is 5.60. The van der Waals surface area contributed by atoms with Crippen LogP contribution < -0.4 is 10.2 Å². The Morgan fingerprint density at radius 2 is 2.40 bits per heavy atom. The number of anilines is 1. The van der Waals surface area contributed by atoms with Gasteiger partial charge in [-0.25, -0.2) is 14.8 Å². The van der Waals surface area contributed by atoms with Gasteiger partial charge in [0, 0.05) is 25.6 Å². The van der Waals surface area contributed by atoms with Crippen LogP contribution in [0.3, 0.4) is 0 Å². The van der Waals surface area contributed by atoms with E-state index in [0.717, 1.165) is 48.6 Å². The third-order valence-electron chi connectivity index (χ3n) is 3.22. The average molecular weight is 343 g/mol. The molecule has 0 bridgehead atoms. The minimum atomic E-state index is -0.382. The van der Waals surface area contributed by atoms with Crippen molar-refractivity contribution in [3.8, 4) is 0 Å². The molecular weight excluding hydrogens is 324 g/mol. The predicted octanol–water partition coefficient (Wildman–Crippen LogP) is 2.13. The van der Waals surface area contributed by atoms with Crippen LogP contribution in [-0.2, 0) is 11.2 Å². The molecule has 1 aliphatic heterocycles. The van der Waals surface area contributed by atoms with Crippen molar-refractivity contribution in [3.05, 3.63) is 16.5 Å². The maximum absolute atomic E-state index is 11.2. The number of aryl methyl sites for hydroxylation is 1. The maximum Gasteiger partial charge on any atom is 0.407 e. The fourth-order valence-corrected chi connectivity index (χ4v) is 2.67. The highest BCUT2D eigenvalue weighted by Crippen LogP contribution is 2.21. The van der Waals surface area contributed by atoms with Crippen molar-refractivity contribution in [1.82, 2.24) is 15.3 Å². The predicted molar refractivity (Wildman–Crippen MR) is 79.9 cm³/mol. The molecule has 1 aliphatic rings. The van der Waals surface area contributed by atoms with Gasteiger partial charge in [0.2, 0.25) is 0 Å². The van der Waals surface area contributed by atoms with Crippen molar-refractivity contribution in [2.45, 2.75) is 32.2 Å². The first-order valence-corrected chi connectivity index (χ1v) is 7.54. The maximum atomic E-state index is 11.2. The minimum Gasteiger partial charge on any atom is -0.453 e. The molecule has 1 aromatic rings. The Hall–Kier alpha value is -1.37. The largest absolute Gasteiger partial charge is 0.453 e. The van der Waals surface area contributed by atoms with E-state index in [1.807, 2.05) is 6.07 Å². The molecule has 0 aromatic carbocycles. The number of carbonyl (C=O) groups excluding carboxylic acids is 1. The molecule has 0 saturated carbocycles. The standard InChI is InChI=1S/C13H19BrN4O2/c1-3-4-11-16-10(14)7-12(17-11)18-6-5-9(8-18)15-13(19)20-2/h7,9H,3-6,8H2,1-2H3,(H,15,19). The summed E-state index contributed by atoms with van der Waals surface area (Å²) < 4.78 is 5.42. The monoisotopic (exact) mass is 342 g/mol. The minimum absolute atomic E-state index is 0.103. The van der Waals surface area contributed by atoms with Crippen LogP contribution in [0.2, 0.25) is 0 Å². The first kappa shape index (κ1) is 15.0. The lowest BCUT2D eigenvalue weighted by atomic mass is 10.3. The normalized spacial score (nSPS) is 18.1. The lowest BCUT2D eigenvalue weighted by Gasteiger charge is -2.18. The number of nitrogens with zero attached hydrogens (tertiary/aromatic N) is 3. The Balaban J connectivity index is 2.04. The van der Waals surface area contributed by atoms with Gasteiger partial charge in [0.05, 0.1) is 13.2 Å². The number of hydrogen-bond donors (Lipinski definition) is 1. The quantitative estimate of drug-likeness (QED) is 0.849. The number of ether oxygens (including phenoxy) is 1. The summed E-state index contributed by atoms with van der Waals surface area (Å²) in [6, 6.07) is 2.02. The van der Waals surface area contributed by atoms with E-state index in [1.165, 1.54) is 7.11 Å². The van der Waals surface area contributed by atoms with Crippen LogP contribution in [0, 0.1) is 0 Å². The molecule has 1 aromatic heterocycles. The molecule has 2 rings (SSSR count). The zero-order valence-electron chi connectivity index (χ0n) is 11.7. The van der Waals surface area contributed by atoms with Gasteiger partial charge in [0.1, 0.15) is 16.2 Å². The van der Waals surface area contributed by atoms with Gasteiger partial charge in [-0.2, -0.15) is 0 Å². The highest BCUT2D eigenvalue weighted by Gasteiger charge is 2.25. The van der Waals surface area contributed by atoms with Gasteiger partial charge in [-0.3, -0.25) is 0 Å². The zero-order chi connectivity index (χ0) is 14.5. The van der Waals surface area contributed by atoms with E-state index >= 15 is 0 Å². The number of methoxy groups -OCH3 is 1. The summed E-state index contributed by atoms with van der Waals surface area (Å²) in [5.74, 6) is 1.76. The Morgan fingerprint density at radius 1 is 1.60 bits per heavy atom. The van der Waals surface area contributed by atoms with E-state index in [9.17, 15) is 4.79 Å². The van der Waals surface area contributed by atoms with Gasteiger partial charge in [0.15, 0.2) is 0 Å². The van der Waals surface area contributed by atoms with E-state index in [1.54, 1.807) is 0 Å². The fourth-order valence-electron chi connectivity index (χ4n) is 2.26. The highest BCUT2D eigenvalue weighted by atomic mass is 79.9. The van der Waals surface area contributed by atoms with Gasteiger partial charge < -0.3 is 15.0 Å². The lowest BCUT2D eigenvalue weighted by molar-refractivity contribution is 0.167. The van der Waals surface area contributed by atoms with Crippen LogP contribution in [0.1, 0.15) is 25.6 Å². The highest BCUT2D eigenvalue weighted by molar-refractivity contribution is 9.10. The Bertz CT molecular complexity index is 483. The molecule has 0 radical (unpaired) electrons. The molecule has 1 unspecified atom stereocenters. The van der Waals surface area contributed by atoms with Gasteiger partial charge in [0.25, 0.3) is 0 Å². The van der Waals surface area contributed by atoms with Gasteiger partial charge in [-0.15, -0.1) is 0 Å². The molecule has 1 fully saturated rings. The number of hydrogen-bond acceptors (Lipinski definition) is 5. The summed E-state index contributed by atoms with van der Waals surface area (Å²) in [5.41, 5.74) is 0. The third kappa shape index (κ3) is 3.82. The topological polar surface area (TPSA) is 67.4 Å². The Kier molecular flexibility index (Phi) is 5.17. The first-order chi connectivity index (χ1) is 9.62. The van der Waals surface area contributed by atoms with Crippen LogP contribution >= 0.6 is 15.9 Å². The Labute approximate surface area is 127 Å². The lowest BCUT2D eigenvalue weighted by Crippen LogP contribution is -2.37. The van der Waals surface area contributed by atoms with E-state index in [0.29, 0.717) is 0 Å². The number of aromatic nitrogens is 2. The van der Waals surface area contributed by atoms with Crippen molar-refractivity contribution in [2.75, 3.05) is 25.1 Å². The molecule has 2 heterocycles. The van der Waals surface area contributed by atoms with Crippen LogP contribution in [0.4, 0.5) is 10.6 Å². The SMILES string of the molecule is CCCc1nc(Br)cc(N2CCC(NC(=O)OC)C2)n1. The molecule has 1 atom stereocenters. The zero-order valence-corrected chi connectivity index (χ0v) is 13.3. The number of carbonyl (C=O) groups is 1. The van der Waals surface area contributed by atoms with Crippen molar-refractivity contribution >= 4 is 27.8 Å². The molecule has 1 amide bonds. The average Bonchev–Trinajstić information content (AvgIpc) is 2.87. The number of halogens is 1. The first-order valence-electron chi connectivity index (χ1n) is 6.75. The molecule has 0 aliphatic carbocycles. The molecule has 20 heavy (non-hydrogen) atoms. The molecule has 7 heteroatoms. The van der Waals surface area contributed by atoms with Crippen LogP contribution in [0.25, 0.3) is 0 Å². The number of amides is 1. The van der Waals surface area contributed by atoms with Crippen molar-refractivity contribution in [2.24, 2.45) is 0 Å². The van der Waals surface area contributed by atoms with E-state index in [-0.39, 0.29) is 12.1 Å². The van der Waals surface area contributed by atoms with Gasteiger partial charge in [-0.1, -0.05) is 6.92 Å². The van der Waals surface area contributed by atoms with E-state index in [2.05, 4.69) is 47.8 Å². The molecule has 0 spiro atoms. The van der Waals surface area contributed by atoms with Crippen molar-refractivity contribution in [3.63, 3.8) is 0 Å². The van der Waals surface area contributed by atoms with Crippen molar-refractivity contribution in [1.29, 1.82) is 0 Å². The molecule has 1 saturated heterocycles. The number of alkyl carbamates (subject to hydrolysis) is 1. The number of rotatable bonds is 4. The molecule has 6 nitrogen and oxygen atoms in total. The van der Waals surface area contributed by atoms with E-state index in [4.69, 9.17) is 0 Å². The second-order valence-electron chi connectivity index (χ2n) is 4.78. The molecule has 110 valence electrons. The summed E-state index contributed by atoms with van der Waals surface area (Å²) >= 11 is 3.43. The smallest absolute Gasteiger partial charge is 0.407 e. The Morgan fingerprint density at radius 3 is 3.10 bits per heavy atom. The molecule has 1 N–H and O–H groups in total. The summed E-state index contributed by atoms with van der Waals surface area (Å²) in [4.78, 5) is 22.3. The third-order valence-corrected chi connectivity index (χ3v) is 3.63. The summed E-state index contributed by atoms with van der Waals surface area (Å²) in [6.07, 6.45) is 2.39. The summed E-state index contributed by atoms with van der Waals surface area (Å²) in [7, 11) is 1.38. The van der Waals surface area contributed by atoms with Crippen LogP contribution in [0.5, 0.6) is 0 Å². The van der Waals surface area contributed by atoms with Crippen molar-refractivity contribution < 1.29 is 9.53 Å². The van der Waals surface area contributed by atoms with Gasteiger partial charge >= 0.3 is 6.09 Å². The summed E-state index contributed by atoms with van der Waals surface area (Å²) in [5, 5.41) is 2.82. The second kappa shape index (κ2) is 6.88. The van der Waals surface area contributed by atoms with Gasteiger partial charge in [-0.05, 0) is 28.8 Å². The fraction of sp³-hybridized carbons (Fsp3) is 0.615. The summed E-state index contributed by atoms with van der Waals surface area (Å²) in [6.45, 7) is 3.71. The number of nitrogens with one attached hydrogen (secondary N) is 1. The van der Waals surface area contributed by atoms with Crippen LogP contribution in [0.15, 0.2) is 10.7 Å². The molecular formula is C13H19BrN4O2. The van der Waals surface area contributed by atoms with Crippen LogP contribution in [-0.4, -0.2) is 42.3 Å². The van der Waals surface area contributed by atoms with E-state index < -0.39 is 0 Å².